The molecule has 1 atom stereocenters. The van der Waals surface area contributed by atoms with E-state index in [-0.39, 0.29) is 0 Å². The minimum Gasteiger partial charge on any atom is -0.493 e. The predicted octanol–water partition coefficient (Wildman–Crippen LogP) is 1.22. The Morgan fingerprint density at radius 3 is 2.50 bits per heavy atom. The molecule has 0 spiro atoms. The summed E-state index contributed by atoms with van der Waals surface area (Å²) < 4.78 is 15.8. The van der Waals surface area contributed by atoms with E-state index in [1.54, 1.807) is 6.07 Å². The Bertz CT molecular complexity index is 499. The minimum atomic E-state index is -0.466. The molecule has 6 heteroatoms. The third-order valence-corrected chi connectivity index (χ3v) is 2.75. The van der Waals surface area contributed by atoms with Crippen LogP contribution in [0.2, 0.25) is 0 Å². The van der Waals surface area contributed by atoms with E-state index in [1.165, 1.54) is 27.7 Å². The SMILES string of the molecule is COc1cc2c(c(OC)c1OC)N=CNC2C=O. The van der Waals surface area contributed by atoms with Gasteiger partial charge in [0.15, 0.2) is 11.5 Å². The van der Waals surface area contributed by atoms with Crippen molar-refractivity contribution in [1.29, 1.82) is 0 Å². The molecule has 0 aromatic heterocycles. The number of hydrogen-bond acceptors (Lipinski definition) is 6. The molecule has 0 aliphatic carbocycles. The van der Waals surface area contributed by atoms with Crippen LogP contribution >= 0.6 is 0 Å². The molecule has 2 rings (SSSR count). The highest BCUT2D eigenvalue weighted by molar-refractivity contribution is 5.83. The maximum absolute atomic E-state index is 11.0. The van der Waals surface area contributed by atoms with Gasteiger partial charge >= 0.3 is 0 Å². The first-order valence-corrected chi connectivity index (χ1v) is 5.33. The van der Waals surface area contributed by atoms with Crippen LogP contribution in [-0.2, 0) is 4.79 Å². The molecule has 0 saturated heterocycles. The van der Waals surface area contributed by atoms with Crippen molar-refractivity contribution in [2.45, 2.75) is 6.04 Å². The molecule has 1 unspecified atom stereocenters. The summed E-state index contributed by atoms with van der Waals surface area (Å²) in [5.41, 5.74) is 1.27. The molecule has 1 aromatic carbocycles. The molecule has 18 heavy (non-hydrogen) atoms. The van der Waals surface area contributed by atoms with Crippen LogP contribution in [0.5, 0.6) is 17.2 Å². The number of fused-ring (bicyclic) bond motifs is 1. The summed E-state index contributed by atoms with van der Waals surface area (Å²) in [6, 6.07) is 1.26. The van der Waals surface area contributed by atoms with Crippen molar-refractivity contribution < 1.29 is 19.0 Å². The molecule has 0 amide bonds. The second kappa shape index (κ2) is 4.95. The van der Waals surface area contributed by atoms with Gasteiger partial charge in [-0.2, -0.15) is 0 Å². The molecular formula is C12H14N2O4. The van der Waals surface area contributed by atoms with Crippen LogP contribution in [-0.4, -0.2) is 34.0 Å². The average Bonchev–Trinajstić information content (AvgIpc) is 2.44. The van der Waals surface area contributed by atoms with E-state index >= 15 is 0 Å². The van der Waals surface area contributed by atoms with Crippen LogP contribution in [0.1, 0.15) is 11.6 Å². The Morgan fingerprint density at radius 1 is 1.22 bits per heavy atom. The fraction of sp³-hybridized carbons (Fsp3) is 0.333. The molecule has 96 valence electrons. The molecule has 1 heterocycles. The van der Waals surface area contributed by atoms with Crippen LogP contribution in [0, 0.1) is 0 Å². The third kappa shape index (κ3) is 1.75. The quantitative estimate of drug-likeness (QED) is 0.813. The predicted molar refractivity (Wildman–Crippen MR) is 66.2 cm³/mol. The Labute approximate surface area is 105 Å². The molecule has 6 nitrogen and oxygen atoms in total. The number of nitrogens with zero attached hydrogens (tertiary/aromatic N) is 1. The second-order valence-corrected chi connectivity index (χ2v) is 3.62. The van der Waals surface area contributed by atoms with E-state index in [4.69, 9.17) is 14.2 Å². The summed E-state index contributed by atoms with van der Waals surface area (Å²) >= 11 is 0. The zero-order chi connectivity index (χ0) is 13.1. The summed E-state index contributed by atoms with van der Waals surface area (Å²) in [5, 5.41) is 2.85. The molecule has 1 aliphatic rings. The van der Waals surface area contributed by atoms with Gasteiger partial charge in [-0.1, -0.05) is 0 Å². The first-order chi connectivity index (χ1) is 8.76. The van der Waals surface area contributed by atoms with Gasteiger partial charge in [0.2, 0.25) is 5.75 Å². The number of aldehydes is 1. The van der Waals surface area contributed by atoms with E-state index < -0.39 is 6.04 Å². The molecule has 1 N–H and O–H groups in total. The lowest BCUT2D eigenvalue weighted by atomic mass is 10.0. The van der Waals surface area contributed by atoms with Gasteiger partial charge < -0.3 is 24.3 Å². The number of carbonyl (C=O) groups is 1. The van der Waals surface area contributed by atoms with Gasteiger partial charge in [0.25, 0.3) is 0 Å². The van der Waals surface area contributed by atoms with Crippen LogP contribution in [0.3, 0.4) is 0 Å². The fourth-order valence-corrected chi connectivity index (χ4v) is 1.91. The Morgan fingerprint density at radius 2 is 1.94 bits per heavy atom. The molecular weight excluding hydrogens is 236 g/mol. The average molecular weight is 250 g/mol. The topological polar surface area (TPSA) is 69.2 Å². The normalized spacial score (nSPS) is 16.5. The van der Waals surface area contributed by atoms with Gasteiger partial charge in [0.05, 0.1) is 27.7 Å². The van der Waals surface area contributed by atoms with Gasteiger partial charge in [0.1, 0.15) is 18.0 Å². The zero-order valence-corrected chi connectivity index (χ0v) is 10.4. The standard InChI is InChI=1S/C12H14N2O4/c1-16-9-4-7-8(5-15)13-6-14-10(7)12(18-3)11(9)17-2/h4-6,8H,1-3H3,(H,13,14). The monoisotopic (exact) mass is 250 g/mol. The summed E-state index contributed by atoms with van der Waals surface area (Å²) in [6.45, 7) is 0. The van der Waals surface area contributed by atoms with Crippen LogP contribution in [0.4, 0.5) is 5.69 Å². The van der Waals surface area contributed by atoms with Gasteiger partial charge in [-0.3, -0.25) is 0 Å². The van der Waals surface area contributed by atoms with E-state index in [0.717, 1.165) is 6.29 Å². The molecule has 1 aromatic rings. The highest BCUT2D eigenvalue weighted by Gasteiger charge is 2.26. The largest absolute Gasteiger partial charge is 0.493 e. The van der Waals surface area contributed by atoms with Crippen LogP contribution in [0.25, 0.3) is 0 Å². The molecule has 1 aliphatic heterocycles. The van der Waals surface area contributed by atoms with Crippen molar-refractivity contribution in [3.8, 4) is 17.2 Å². The fourth-order valence-electron chi connectivity index (χ4n) is 1.91. The lowest BCUT2D eigenvalue weighted by molar-refractivity contribution is -0.109. The summed E-state index contributed by atoms with van der Waals surface area (Å²) in [6.07, 6.45) is 2.27. The number of benzene rings is 1. The smallest absolute Gasteiger partial charge is 0.205 e. The number of rotatable bonds is 4. The summed E-state index contributed by atoms with van der Waals surface area (Å²) in [7, 11) is 4.57. The lowest BCUT2D eigenvalue weighted by Crippen LogP contribution is -2.24. The van der Waals surface area contributed by atoms with E-state index in [0.29, 0.717) is 28.5 Å². The van der Waals surface area contributed by atoms with Crippen molar-refractivity contribution >= 4 is 18.3 Å². The number of hydrogen-bond donors (Lipinski definition) is 1. The molecule has 0 saturated carbocycles. The Balaban J connectivity index is 2.71. The first kappa shape index (κ1) is 12.2. The Kier molecular flexibility index (Phi) is 3.36. The zero-order valence-electron chi connectivity index (χ0n) is 10.4. The molecule has 0 fully saturated rings. The van der Waals surface area contributed by atoms with E-state index in [1.807, 2.05) is 0 Å². The molecule has 0 radical (unpaired) electrons. The van der Waals surface area contributed by atoms with Crippen LogP contribution < -0.4 is 19.5 Å². The lowest BCUT2D eigenvalue weighted by Gasteiger charge is -2.22. The summed E-state index contributed by atoms with van der Waals surface area (Å²) in [4.78, 5) is 15.2. The maximum atomic E-state index is 11.0. The van der Waals surface area contributed by atoms with Crippen molar-refractivity contribution in [3.05, 3.63) is 11.6 Å². The first-order valence-electron chi connectivity index (χ1n) is 5.33. The second-order valence-electron chi connectivity index (χ2n) is 3.62. The number of nitrogens with one attached hydrogen (secondary N) is 1. The van der Waals surface area contributed by atoms with E-state index in [2.05, 4.69) is 10.3 Å². The Hall–Kier alpha value is -2.24. The number of ether oxygens (including phenoxy) is 3. The highest BCUT2D eigenvalue weighted by Crippen LogP contribution is 2.48. The van der Waals surface area contributed by atoms with Crippen molar-refractivity contribution in [2.24, 2.45) is 4.99 Å². The number of aliphatic imine (C=N–C) groups is 1. The number of carbonyl (C=O) groups excluding carboxylic acids is 1. The van der Waals surface area contributed by atoms with Crippen molar-refractivity contribution in [3.63, 3.8) is 0 Å². The van der Waals surface area contributed by atoms with Crippen LogP contribution in [0.15, 0.2) is 11.1 Å². The summed E-state index contributed by atoms with van der Waals surface area (Å²) in [5.74, 6) is 1.41. The third-order valence-electron chi connectivity index (χ3n) is 2.75. The van der Waals surface area contributed by atoms with Crippen molar-refractivity contribution in [2.75, 3.05) is 21.3 Å². The van der Waals surface area contributed by atoms with Gasteiger partial charge in [0, 0.05) is 5.56 Å². The maximum Gasteiger partial charge on any atom is 0.205 e. The highest BCUT2D eigenvalue weighted by atomic mass is 16.5. The minimum absolute atomic E-state index is 0.455. The van der Waals surface area contributed by atoms with Gasteiger partial charge in [-0.25, -0.2) is 4.99 Å². The van der Waals surface area contributed by atoms with Gasteiger partial charge in [-0.05, 0) is 6.07 Å². The number of methoxy groups -OCH3 is 3. The van der Waals surface area contributed by atoms with E-state index in [9.17, 15) is 4.79 Å². The van der Waals surface area contributed by atoms with Gasteiger partial charge in [-0.15, -0.1) is 0 Å². The van der Waals surface area contributed by atoms with Crippen molar-refractivity contribution in [1.82, 2.24) is 5.32 Å². The molecule has 0 bridgehead atoms.